The summed E-state index contributed by atoms with van der Waals surface area (Å²) >= 11 is 0. The lowest BCUT2D eigenvalue weighted by Crippen LogP contribution is -2.36. The van der Waals surface area contributed by atoms with E-state index in [0.717, 1.165) is 17.1 Å². The van der Waals surface area contributed by atoms with Gasteiger partial charge < -0.3 is 10.6 Å². The number of aryl methyl sites for hydroxylation is 1. The Bertz CT molecular complexity index is 1020. The highest BCUT2D eigenvalue weighted by Crippen LogP contribution is 2.19. The van der Waals surface area contributed by atoms with E-state index < -0.39 is 19.3 Å². The molecule has 1 unspecified atom stereocenters. The zero-order valence-electron chi connectivity index (χ0n) is 15.3. The van der Waals surface area contributed by atoms with Crippen molar-refractivity contribution in [3.8, 4) is 0 Å². The predicted molar refractivity (Wildman–Crippen MR) is 102 cm³/mol. The summed E-state index contributed by atoms with van der Waals surface area (Å²) in [6, 6.07) is 5.63. The fraction of sp³-hybridized carbons (Fsp3) is 0.333. The zero-order valence-corrected chi connectivity index (χ0v) is 15.3. The lowest BCUT2D eigenvalue weighted by molar-refractivity contribution is 0.284. The molecular weight excluding hydrogens is 366 g/mol. The molecule has 0 aromatic carbocycles. The van der Waals surface area contributed by atoms with Crippen LogP contribution in [0.15, 0.2) is 41.7 Å². The number of halogens is 2. The molecule has 0 radical (unpaired) electrons. The number of aromatic nitrogens is 5. The molecule has 0 spiro atoms. The van der Waals surface area contributed by atoms with Crippen molar-refractivity contribution < 1.29 is 8.78 Å². The van der Waals surface area contributed by atoms with E-state index in [-0.39, 0.29) is 12.7 Å². The van der Waals surface area contributed by atoms with Crippen molar-refractivity contribution in [3.05, 3.63) is 48.1 Å². The Kier molecular flexibility index (Phi) is 5.00. The Hall–Kier alpha value is -3.30. The zero-order chi connectivity index (χ0) is 19.5. The van der Waals surface area contributed by atoms with E-state index in [1.807, 2.05) is 37.5 Å². The lowest BCUT2D eigenvalue weighted by Gasteiger charge is -2.23. The molecule has 4 rings (SSSR count). The standard InChI is InChI=1S/C18H20F2N8/c1-27-15(3-6-22-27)24-18-21-5-2-14(23-18)13-4-7-28-16(8-12(10-19)11-20)25-26-17(28)9-13/h2-7,9,12,18,23-24H,8,10-11H2,1H3. The van der Waals surface area contributed by atoms with Gasteiger partial charge in [-0.05, 0) is 18.2 Å². The van der Waals surface area contributed by atoms with Crippen LogP contribution in [0.4, 0.5) is 14.6 Å². The van der Waals surface area contributed by atoms with Gasteiger partial charge in [0.25, 0.3) is 0 Å². The van der Waals surface area contributed by atoms with Crippen LogP contribution >= 0.6 is 0 Å². The van der Waals surface area contributed by atoms with Crippen molar-refractivity contribution in [1.29, 1.82) is 0 Å². The molecule has 1 aliphatic heterocycles. The van der Waals surface area contributed by atoms with E-state index >= 15 is 0 Å². The largest absolute Gasteiger partial charge is 0.346 e. The number of nitrogens with zero attached hydrogens (tertiary/aromatic N) is 6. The topological polar surface area (TPSA) is 84.4 Å². The van der Waals surface area contributed by atoms with Crippen molar-refractivity contribution >= 4 is 23.4 Å². The van der Waals surface area contributed by atoms with Crippen LogP contribution < -0.4 is 10.6 Å². The maximum atomic E-state index is 12.8. The van der Waals surface area contributed by atoms with Crippen molar-refractivity contribution in [3.63, 3.8) is 0 Å². The maximum absolute atomic E-state index is 12.8. The van der Waals surface area contributed by atoms with E-state index in [1.165, 1.54) is 0 Å². The highest BCUT2D eigenvalue weighted by atomic mass is 19.1. The Morgan fingerprint density at radius 3 is 2.86 bits per heavy atom. The number of alkyl halides is 2. The van der Waals surface area contributed by atoms with Gasteiger partial charge in [0.15, 0.2) is 11.9 Å². The van der Waals surface area contributed by atoms with Gasteiger partial charge in [-0.1, -0.05) is 0 Å². The number of pyridine rings is 1. The molecule has 2 N–H and O–H groups in total. The van der Waals surface area contributed by atoms with E-state index in [4.69, 9.17) is 0 Å². The second kappa shape index (κ2) is 7.75. The summed E-state index contributed by atoms with van der Waals surface area (Å²) in [6.45, 7) is -1.44. The predicted octanol–water partition coefficient (Wildman–Crippen LogP) is 1.97. The molecule has 0 fully saturated rings. The Morgan fingerprint density at radius 1 is 1.25 bits per heavy atom. The summed E-state index contributed by atoms with van der Waals surface area (Å²) in [6.07, 6.45) is 6.98. The quantitative estimate of drug-likeness (QED) is 0.649. The second-order valence-corrected chi connectivity index (χ2v) is 6.55. The van der Waals surface area contributed by atoms with Gasteiger partial charge in [0.2, 0.25) is 0 Å². The molecule has 0 amide bonds. The molecule has 0 saturated carbocycles. The maximum Gasteiger partial charge on any atom is 0.195 e. The molecular formula is C18H20F2N8. The fourth-order valence-electron chi connectivity index (χ4n) is 3.00. The lowest BCUT2D eigenvalue weighted by atomic mass is 10.1. The molecule has 8 nitrogen and oxygen atoms in total. The molecule has 10 heteroatoms. The number of hydrogen-bond donors (Lipinski definition) is 2. The Labute approximate surface area is 160 Å². The van der Waals surface area contributed by atoms with Crippen LogP contribution in [0.25, 0.3) is 11.3 Å². The number of rotatable bonds is 7. The third-order valence-electron chi connectivity index (χ3n) is 4.57. The molecule has 3 aromatic rings. The van der Waals surface area contributed by atoms with Crippen molar-refractivity contribution in [2.45, 2.75) is 12.7 Å². The number of allylic oxidation sites excluding steroid dienone is 1. The van der Waals surface area contributed by atoms with Crippen LogP contribution in [0.3, 0.4) is 0 Å². The average Bonchev–Trinajstić information content (AvgIpc) is 3.32. The van der Waals surface area contributed by atoms with Gasteiger partial charge >= 0.3 is 0 Å². The summed E-state index contributed by atoms with van der Waals surface area (Å²) < 4.78 is 29.1. The molecule has 28 heavy (non-hydrogen) atoms. The van der Waals surface area contributed by atoms with Crippen LogP contribution in [0.2, 0.25) is 0 Å². The first kappa shape index (κ1) is 18.1. The van der Waals surface area contributed by atoms with Crippen LogP contribution in [-0.2, 0) is 13.5 Å². The summed E-state index contributed by atoms with van der Waals surface area (Å²) in [7, 11) is 1.85. The number of hydrogen-bond acceptors (Lipinski definition) is 6. The van der Waals surface area contributed by atoms with Gasteiger partial charge in [0.1, 0.15) is 11.6 Å². The van der Waals surface area contributed by atoms with E-state index in [0.29, 0.717) is 11.5 Å². The third-order valence-corrected chi connectivity index (χ3v) is 4.57. The minimum atomic E-state index is -0.718. The second-order valence-electron chi connectivity index (χ2n) is 6.55. The molecule has 3 aromatic heterocycles. The van der Waals surface area contributed by atoms with Gasteiger partial charge in [0.05, 0.1) is 19.5 Å². The van der Waals surface area contributed by atoms with E-state index in [1.54, 1.807) is 21.5 Å². The summed E-state index contributed by atoms with van der Waals surface area (Å²) in [5.41, 5.74) is 2.39. The Morgan fingerprint density at radius 2 is 2.11 bits per heavy atom. The van der Waals surface area contributed by atoms with Gasteiger partial charge in [-0.25, -0.2) is 4.99 Å². The number of nitrogens with one attached hydrogen (secondary N) is 2. The fourth-order valence-corrected chi connectivity index (χ4v) is 3.00. The molecule has 0 saturated heterocycles. The normalized spacial score (nSPS) is 16.4. The van der Waals surface area contributed by atoms with Gasteiger partial charge in [-0.15, -0.1) is 10.2 Å². The van der Waals surface area contributed by atoms with Gasteiger partial charge in [-0.2, -0.15) is 5.10 Å². The van der Waals surface area contributed by atoms with Crippen molar-refractivity contribution in [1.82, 2.24) is 29.7 Å². The van der Waals surface area contributed by atoms with Gasteiger partial charge in [-0.3, -0.25) is 17.9 Å². The number of aliphatic imine (C=N–C) groups is 1. The van der Waals surface area contributed by atoms with Crippen LogP contribution in [0.5, 0.6) is 0 Å². The van der Waals surface area contributed by atoms with Gasteiger partial charge in [0, 0.05) is 49.1 Å². The SMILES string of the molecule is Cn1nccc1NC1N=CC=C(c2ccn3c(CC(CF)CF)nnc3c2)N1. The first-order valence-corrected chi connectivity index (χ1v) is 8.88. The number of fused-ring (bicyclic) bond motifs is 1. The van der Waals surface area contributed by atoms with E-state index in [2.05, 4.69) is 30.9 Å². The molecule has 146 valence electrons. The average molecular weight is 386 g/mol. The van der Waals surface area contributed by atoms with Crippen LogP contribution in [0.1, 0.15) is 11.4 Å². The number of anilines is 1. The minimum absolute atomic E-state index is 0.206. The minimum Gasteiger partial charge on any atom is -0.346 e. The van der Waals surface area contributed by atoms with Crippen molar-refractivity contribution in [2.24, 2.45) is 18.0 Å². The smallest absolute Gasteiger partial charge is 0.195 e. The molecule has 4 heterocycles. The molecule has 1 aliphatic rings. The monoisotopic (exact) mass is 386 g/mol. The van der Waals surface area contributed by atoms with Crippen molar-refractivity contribution in [2.75, 3.05) is 18.7 Å². The molecule has 0 bridgehead atoms. The molecule has 1 atom stereocenters. The summed E-state index contributed by atoms with van der Waals surface area (Å²) in [4.78, 5) is 4.37. The third kappa shape index (κ3) is 3.57. The molecule has 0 aliphatic carbocycles. The van der Waals surface area contributed by atoms with E-state index in [9.17, 15) is 8.78 Å². The first-order chi connectivity index (χ1) is 13.7. The highest BCUT2D eigenvalue weighted by Gasteiger charge is 2.17. The first-order valence-electron chi connectivity index (χ1n) is 8.88. The summed E-state index contributed by atoms with van der Waals surface area (Å²) in [5.74, 6) is 0.693. The van der Waals surface area contributed by atoms with Crippen LogP contribution in [-0.4, -0.2) is 50.2 Å². The van der Waals surface area contributed by atoms with Crippen LogP contribution in [0, 0.1) is 5.92 Å². The highest BCUT2D eigenvalue weighted by molar-refractivity contribution is 5.86. The Balaban J connectivity index is 1.52. The summed E-state index contributed by atoms with van der Waals surface area (Å²) in [5, 5.41) is 18.9.